The first-order valence-corrected chi connectivity index (χ1v) is 11.0. The van der Waals surface area contributed by atoms with Crippen molar-refractivity contribution < 1.29 is 37.8 Å². The van der Waals surface area contributed by atoms with Gasteiger partial charge in [-0.25, -0.2) is 13.6 Å². The normalized spacial score (nSPS) is 19.5. The lowest BCUT2D eigenvalue weighted by atomic mass is 9.98. The van der Waals surface area contributed by atoms with Gasteiger partial charge in [0.25, 0.3) is 6.43 Å². The van der Waals surface area contributed by atoms with Gasteiger partial charge in [-0.3, -0.25) is 14.4 Å². The molecule has 1 saturated heterocycles. The Kier molecular flexibility index (Phi) is 6.94. The maximum absolute atomic E-state index is 13.5. The van der Waals surface area contributed by atoms with Gasteiger partial charge in [0.2, 0.25) is 11.8 Å². The van der Waals surface area contributed by atoms with E-state index in [0.29, 0.717) is 0 Å². The summed E-state index contributed by atoms with van der Waals surface area (Å²) in [6, 6.07) is 12.0. The van der Waals surface area contributed by atoms with Gasteiger partial charge in [0.05, 0.1) is 6.42 Å². The van der Waals surface area contributed by atoms with Crippen LogP contribution in [-0.2, 0) is 19.1 Å². The maximum atomic E-state index is 13.5. The summed E-state index contributed by atoms with van der Waals surface area (Å²) >= 11 is 0. The van der Waals surface area contributed by atoms with Gasteiger partial charge in [-0.15, -0.1) is 0 Å². The fourth-order valence-electron chi connectivity index (χ4n) is 4.44. The average Bonchev–Trinajstić information content (AvgIpc) is 3.35. The molecule has 0 spiro atoms. The highest BCUT2D eigenvalue weighted by Crippen LogP contribution is 2.44. The van der Waals surface area contributed by atoms with E-state index >= 15 is 0 Å². The molecule has 1 aliphatic carbocycles. The predicted molar refractivity (Wildman–Crippen MR) is 119 cm³/mol. The van der Waals surface area contributed by atoms with E-state index in [0.717, 1.165) is 22.3 Å². The van der Waals surface area contributed by atoms with E-state index < -0.39 is 54.7 Å². The number of hydrogen-bond acceptors (Lipinski definition) is 5. The molecule has 1 heterocycles. The molecule has 3 atom stereocenters. The third-order valence-corrected chi connectivity index (χ3v) is 6.17. The van der Waals surface area contributed by atoms with E-state index in [9.17, 15) is 28.0 Å². The Hall–Kier alpha value is -4.02. The number of carbonyl (C=O) groups excluding carboxylic acids is 3. The highest BCUT2D eigenvalue weighted by Gasteiger charge is 2.41. The van der Waals surface area contributed by atoms with Gasteiger partial charge in [0.15, 0.2) is 0 Å². The van der Waals surface area contributed by atoms with Crippen LogP contribution in [0, 0.1) is 5.92 Å². The number of nitrogens with one attached hydrogen (secondary N) is 3. The minimum absolute atomic E-state index is 0.0927. The molecule has 0 bridgehead atoms. The molecule has 35 heavy (non-hydrogen) atoms. The van der Waals surface area contributed by atoms with E-state index in [1.54, 1.807) is 0 Å². The monoisotopic (exact) mass is 487 g/mol. The van der Waals surface area contributed by atoms with Crippen molar-refractivity contribution in [2.75, 3.05) is 13.2 Å². The minimum atomic E-state index is -3.10. The Balaban J connectivity index is 1.35. The van der Waals surface area contributed by atoms with Crippen molar-refractivity contribution >= 4 is 23.9 Å². The second kappa shape index (κ2) is 10.1. The molecule has 1 fully saturated rings. The molecule has 3 unspecified atom stereocenters. The number of fused-ring (bicyclic) bond motifs is 3. The SMILES string of the molecule is O=C(CC(NC(=O)OCC1c2ccccc2-c2ccccc21)C(F)F)NC1C(=O)NCC1C(=O)O. The van der Waals surface area contributed by atoms with Gasteiger partial charge in [0, 0.05) is 12.5 Å². The first kappa shape index (κ1) is 24.1. The van der Waals surface area contributed by atoms with Crippen molar-refractivity contribution in [3.05, 3.63) is 59.7 Å². The molecule has 2 aromatic rings. The van der Waals surface area contributed by atoms with Crippen LogP contribution >= 0.6 is 0 Å². The fourth-order valence-corrected chi connectivity index (χ4v) is 4.44. The zero-order valence-electron chi connectivity index (χ0n) is 18.4. The molecule has 1 aliphatic heterocycles. The number of benzene rings is 2. The van der Waals surface area contributed by atoms with Crippen molar-refractivity contribution in [2.24, 2.45) is 5.92 Å². The number of carboxylic acids is 1. The van der Waals surface area contributed by atoms with Crippen LogP contribution in [0.3, 0.4) is 0 Å². The zero-order valence-corrected chi connectivity index (χ0v) is 18.4. The summed E-state index contributed by atoms with van der Waals surface area (Å²) in [6.07, 6.45) is -5.08. The Morgan fingerprint density at radius 2 is 1.66 bits per heavy atom. The second-order valence-electron chi connectivity index (χ2n) is 8.35. The van der Waals surface area contributed by atoms with Gasteiger partial charge >= 0.3 is 12.1 Å². The summed E-state index contributed by atoms with van der Waals surface area (Å²) in [7, 11) is 0. The van der Waals surface area contributed by atoms with Crippen molar-refractivity contribution in [3.63, 3.8) is 0 Å². The lowest BCUT2D eigenvalue weighted by Gasteiger charge is -2.20. The average molecular weight is 487 g/mol. The number of alkyl carbamates (subject to hydrolysis) is 1. The largest absolute Gasteiger partial charge is 0.481 e. The van der Waals surface area contributed by atoms with Crippen LogP contribution in [0.15, 0.2) is 48.5 Å². The summed E-state index contributed by atoms with van der Waals surface area (Å²) in [5.74, 6) is -4.51. The summed E-state index contributed by atoms with van der Waals surface area (Å²) in [4.78, 5) is 47.6. The topological polar surface area (TPSA) is 134 Å². The molecule has 4 rings (SSSR count). The van der Waals surface area contributed by atoms with E-state index in [2.05, 4.69) is 10.6 Å². The zero-order chi connectivity index (χ0) is 25.1. The standard InChI is InChI=1S/C24H23F2N3O6/c25-21(26)18(9-19(30)29-20-16(23(32)33)10-27-22(20)31)28-24(34)35-11-17-14-7-3-1-5-12(14)13-6-2-4-8-15(13)17/h1-8,16-18,20-21H,9-11H2,(H,27,31)(H,28,34)(H,29,30)(H,32,33). The van der Waals surface area contributed by atoms with Crippen molar-refractivity contribution in [2.45, 2.75) is 30.8 Å². The highest BCUT2D eigenvalue weighted by atomic mass is 19.3. The molecule has 11 heteroatoms. The predicted octanol–water partition coefficient (Wildman–Crippen LogP) is 1.86. The van der Waals surface area contributed by atoms with Crippen LogP contribution in [0.2, 0.25) is 0 Å². The van der Waals surface area contributed by atoms with Gasteiger partial charge in [-0.1, -0.05) is 48.5 Å². The molecule has 0 radical (unpaired) electrons. The molecule has 2 aliphatic rings. The van der Waals surface area contributed by atoms with Crippen LogP contribution in [0.5, 0.6) is 0 Å². The summed E-state index contributed by atoms with van der Waals surface area (Å²) in [5.41, 5.74) is 3.92. The Morgan fingerprint density at radius 1 is 1.06 bits per heavy atom. The van der Waals surface area contributed by atoms with Gasteiger partial charge in [-0.2, -0.15) is 0 Å². The Morgan fingerprint density at radius 3 is 2.23 bits per heavy atom. The van der Waals surface area contributed by atoms with Crippen LogP contribution in [0.4, 0.5) is 13.6 Å². The van der Waals surface area contributed by atoms with Crippen LogP contribution in [-0.4, -0.2) is 60.6 Å². The first-order valence-electron chi connectivity index (χ1n) is 11.0. The molecule has 184 valence electrons. The van der Waals surface area contributed by atoms with Crippen LogP contribution in [0.25, 0.3) is 11.1 Å². The number of carboxylic acid groups (broad SMARTS) is 1. The first-order chi connectivity index (χ1) is 16.8. The third kappa shape index (κ3) is 5.08. The van der Waals surface area contributed by atoms with Crippen LogP contribution < -0.4 is 16.0 Å². The number of alkyl halides is 2. The fraction of sp³-hybridized carbons (Fsp3) is 0.333. The Labute approximate surface area is 198 Å². The number of aliphatic carboxylic acids is 1. The van der Waals surface area contributed by atoms with Crippen molar-refractivity contribution in [1.29, 1.82) is 0 Å². The smallest absolute Gasteiger partial charge is 0.407 e. The second-order valence-corrected chi connectivity index (χ2v) is 8.35. The van der Waals surface area contributed by atoms with Gasteiger partial charge in [0.1, 0.15) is 24.6 Å². The molecule has 0 aromatic heterocycles. The van der Waals surface area contributed by atoms with Gasteiger partial charge in [-0.05, 0) is 22.3 Å². The van der Waals surface area contributed by atoms with Crippen molar-refractivity contribution in [1.82, 2.24) is 16.0 Å². The molecule has 0 saturated carbocycles. The number of halogens is 2. The Bertz CT molecular complexity index is 1110. The minimum Gasteiger partial charge on any atom is -0.481 e. The lowest BCUT2D eigenvalue weighted by Crippen LogP contribution is -2.49. The molecule has 9 nitrogen and oxygen atoms in total. The van der Waals surface area contributed by atoms with E-state index in [-0.39, 0.29) is 19.1 Å². The van der Waals surface area contributed by atoms with Crippen LogP contribution in [0.1, 0.15) is 23.5 Å². The number of hydrogen-bond donors (Lipinski definition) is 4. The molecule has 4 N–H and O–H groups in total. The quantitative estimate of drug-likeness (QED) is 0.449. The van der Waals surface area contributed by atoms with E-state index in [1.165, 1.54) is 0 Å². The summed E-state index contributed by atoms with van der Waals surface area (Å²) in [6.45, 7) is -0.278. The maximum Gasteiger partial charge on any atom is 0.407 e. The van der Waals surface area contributed by atoms with E-state index in [4.69, 9.17) is 9.84 Å². The third-order valence-electron chi connectivity index (χ3n) is 6.17. The molecule has 2 aromatic carbocycles. The number of ether oxygens (including phenoxy) is 1. The number of carbonyl (C=O) groups is 4. The molecular formula is C24H23F2N3O6. The molecular weight excluding hydrogens is 464 g/mol. The lowest BCUT2D eigenvalue weighted by molar-refractivity contribution is -0.143. The van der Waals surface area contributed by atoms with Gasteiger partial charge < -0.3 is 25.8 Å². The summed E-state index contributed by atoms with van der Waals surface area (Å²) in [5, 5.41) is 15.6. The number of amides is 3. The highest BCUT2D eigenvalue weighted by molar-refractivity contribution is 5.94. The van der Waals surface area contributed by atoms with Crippen molar-refractivity contribution in [3.8, 4) is 11.1 Å². The number of rotatable bonds is 8. The summed E-state index contributed by atoms with van der Waals surface area (Å²) < 4.78 is 32.3. The molecule has 3 amide bonds. The van der Waals surface area contributed by atoms with E-state index in [1.807, 2.05) is 53.8 Å².